The predicted octanol–water partition coefficient (Wildman–Crippen LogP) is 4.40. The fourth-order valence-electron chi connectivity index (χ4n) is 3.38. The van der Waals surface area contributed by atoms with Crippen LogP contribution in [0.2, 0.25) is 0 Å². The van der Waals surface area contributed by atoms with E-state index in [0.717, 1.165) is 43.5 Å². The maximum atomic E-state index is 11.2. The van der Waals surface area contributed by atoms with Crippen LogP contribution in [0.1, 0.15) is 25.8 Å². The summed E-state index contributed by atoms with van der Waals surface area (Å²) in [6, 6.07) is 17.9. The molecule has 1 aliphatic rings. The van der Waals surface area contributed by atoms with Gasteiger partial charge in [0.1, 0.15) is 12.4 Å². The van der Waals surface area contributed by atoms with Crippen molar-refractivity contribution in [2.75, 3.05) is 38.1 Å². The number of guanidine groups is 1. The molecule has 0 bridgehead atoms. The molecule has 2 aromatic carbocycles. The van der Waals surface area contributed by atoms with E-state index in [1.54, 1.807) is 0 Å². The van der Waals surface area contributed by atoms with Gasteiger partial charge in [0.2, 0.25) is 5.91 Å². The smallest absolute Gasteiger partial charge is 0.221 e. The lowest BCUT2D eigenvalue weighted by Gasteiger charge is -2.29. The summed E-state index contributed by atoms with van der Waals surface area (Å²) in [7, 11) is 0. The van der Waals surface area contributed by atoms with Gasteiger partial charge < -0.3 is 20.3 Å². The van der Waals surface area contributed by atoms with E-state index in [1.165, 1.54) is 18.1 Å². The second kappa shape index (κ2) is 13.0. The summed E-state index contributed by atoms with van der Waals surface area (Å²) in [6.07, 6.45) is 3.29. The lowest BCUT2D eigenvalue weighted by Crippen LogP contribution is -2.43. The molecule has 0 fully saturated rings. The zero-order valence-electron chi connectivity index (χ0n) is 18.1. The lowest BCUT2D eigenvalue weighted by molar-refractivity contribution is -0.114. The van der Waals surface area contributed by atoms with Gasteiger partial charge in [-0.1, -0.05) is 42.5 Å². The third-order valence-corrected chi connectivity index (χ3v) is 4.76. The summed E-state index contributed by atoms with van der Waals surface area (Å²) < 4.78 is 5.80. The number of ether oxygens (including phenoxy) is 1. The number of nitrogens with zero attached hydrogens (tertiary/aromatic N) is 2. The molecule has 1 heterocycles. The normalized spacial score (nSPS) is 13.7. The Morgan fingerprint density at radius 2 is 1.97 bits per heavy atom. The molecule has 0 unspecified atom stereocenters. The van der Waals surface area contributed by atoms with E-state index in [2.05, 4.69) is 52.8 Å². The van der Waals surface area contributed by atoms with Gasteiger partial charge in [0.25, 0.3) is 0 Å². The molecular weight excluding hydrogens is 503 g/mol. The Morgan fingerprint density at radius 3 is 2.65 bits per heavy atom. The SMILES string of the molecule is CCNC(=NCCOc1cccc(NC(C)=O)c1)N1CC=C(c2ccccc2)CC1.I. The predicted molar refractivity (Wildman–Crippen MR) is 138 cm³/mol. The fourth-order valence-corrected chi connectivity index (χ4v) is 3.38. The number of hydrogen-bond acceptors (Lipinski definition) is 3. The monoisotopic (exact) mass is 534 g/mol. The second-order valence-corrected chi connectivity index (χ2v) is 7.08. The third kappa shape index (κ3) is 7.90. The highest BCUT2D eigenvalue weighted by Crippen LogP contribution is 2.22. The quantitative estimate of drug-likeness (QED) is 0.239. The Bertz CT molecular complexity index is 899. The number of aliphatic imine (C=N–C) groups is 1. The molecule has 166 valence electrons. The molecule has 6 nitrogen and oxygen atoms in total. The van der Waals surface area contributed by atoms with E-state index in [-0.39, 0.29) is 29.9 Å². The zero-order chi connectivity index (χ0) is 21.2. The first-order chi connectivity index (χ1) is 14.7. The van der Waals surface area contributed by atoms with Gasteiger partial charge in [-0.15, -0.1) is 24.0 Å². The molecule has 0 atom stereocenters. The zero-order valence-corrected chi connectivity index (χ0v) is 20.5. The average Bonchev–Trinajstić information content (AvgIpc) is 2.76. The Morgan fingerprint density at radius 1 is 1.16 bits per heavy atom. The number of halogens is 1. The first kappa shape index (κ1) is 24.7. The van der Waals surface area contributed by atoms with Crippen LogP contribution in [0.4, 0.5) is 5.69 Å². The van der Waals surface area contributed by atoms with Crippen molar-refractivity contribution >= 4 is 47.1 Å². The van der Waals surface area contributed by atoms with Crippen LogP contribution in [0.15, 0.2) is 65.7 Å². The van der Waals surface area contributed by atoms with Gasteiger partial charge in [0.15, 0.2) is 5.96 Å². The van der Waals surface area contributed by atoms with Crippen molar-refractivity contribution in [1.82, 2.24) is 10.2 Å². The Hall–Kier alpha value is -2.55. The van der Waals surface area contributed by atoms with Crippen LogP contribution in [-0.2, 0) is 4.79 Å². The van der Waals surface area contributed by atoms with Gasteiger partial charge >= 0.3 is 0 Å². The van der Waals surface area contributed by atoms with Crippen molar-refractivity contribution in [2.45, 2.75) is 20.3 Å². The largest absolute Gasteiger partial charge is 0.492 e. The van der Waals surface area contributed by atoms with Crippen LogP contribution in [0, 0.1) is 0 Å². The summed E-state index contributed by atoms with van der Waals surface area (Å²) in [4.78, 5) is 18.2. The number of amides is 1. The van der Waals surface area contributed by atoms with E-state index >= 15 is 0 Å². The standard InChI is InChI=1S/C24H30N4O2.HI/c1-3-25-24(28-15-12-21(13-16-28)20-8-5-4-6-9-20)26-14-17-30-23-11-7-10-22(18-23)27-19(2)29;/h4-12,18H,3,13-17H2,1-2H3,(H,25,26)(H,27,29);1H. The molecule has 0 spiro atoms. The number of hydrogen-bond donors (Lipinski definition) is 2. The second-order valence-electron chi connectivity index (χ2n) is 7.08. The molecule has 3 rings (SSSR count). The van der Waals surface area contributed by atoms with Crippen molar-refractivity contribution in [3.63, 3.8) is 0 Å². The molecule has 0 aromatic heterocycles. The van der Waals surface area contributed by atoms with Crippen LogP contribution < -0.4 is 15.4 Å². The van der Waals surface area contributed by atoms with E-state index in [9.17, 15) is 4.79 Å². The summed E-state index contributed by atoms with van der Waals surface area (Å²) in [5.41, 5.74) is 3.42. The minimum atomic E-state index is -0.0990. The number of rotatable bonds is 7. The van der Waals surface area contributed by atoms with E-state index < -0.39 is 0 Å². The molecule has 31 heavy (non-hydrogen) atoms. The molecule has 1 aliphatic heterocycles. The van der Waals surface area contributed by atoms with E-state index in [4.69, 9.17) is 9.73 Å². The van der Waals surface area contributed by atoms with Crippen LogP contribution in [-0.4, -0.2) is 49.6 Å². The van der Waals surface area contributed by atoms with Crippen molar-refractivity contribution < 1.29 is 9.53 Å². The van der Waals surface area contributed by atoms with E-state index in [0.29, 0.717) is 13.2 Å². The van der Waals surface area contributed by atoms with Crippen LogP contribution in [0.5, 0.6) is 5.75 Å². The molecule has 0 radical (unpaired) electrons. The first-order valence-electron chi connectivity index (χ1n) is 10.4. The van der Waals surface area contributed by atoms with Crippen LogP contribution >= 0.6 is 24.0 Å². The van der Waals surface area contributed by atoms with Gasteiger partial charge in [0.05, 0.1) is 6.54 Å². The van der Waals surface area contributed by atoms with Gasteiger partial charge in [-0.05, 0) is 36.6 Å². The van der Waals surface area contributed by atoms with Gasteiger partial charge in [-0.25, -0.2) is 4.99 Å². The van der Waals surface area contributed by atoms with Gasteiger partial charge in [0, 0.05) is 38.3 Å². The minimum absolute atomic E-state index is 0. The van der Waals surface area contributed by atoms with Crippen molar-refractivity contribution in [1.29, 1.82) is 0 Å². The topological polar surface area (TPSA) is 66.0 Å². The molecule has 1 amide bonds. The average molecular weight is 534 g/mol. The molecule has 0 saturated carbocycles. The Kier molecular flexibility index (Phi) is 10.4. The third-order valence-electron chi connectivity index (χ3n) is 4.76. The van der Waals surface area contributed by atoms with Crippen molar-refractivity contribution in [3.8, 4) is 5.75 Å². The maximum Gasteiger partial charge on any atom is 0.221 e. The fraction of sp³-hybridized carbons (Fsp3) is 0.333. The summed E-state index contributed by atoms with van der Waals surface area (Å²) in [6.45, 7) is 7.19. The van der Waals surface area contributed by atoms with Crippen LogP contribution in [0.25, 0.3) is 5.57 Å². The number of carbonyl (C=O) groups excluding carboxylic acids is 1. The number of nitrogens with one attached hydrogen (secondary N) is 2. The Labute approximate surface area is 201 Å². The molecule has 2 N–H and O–H groups in total. The highest BCUT2D eigenvalue weighted by atomic mass is 127. The number of carbonyl (C=O) groups is 1. The molecule has 2 aromatic rings. The van der Waals surface area contributed by atoms with Gasteiger partial charge in [-0.2, -0.15) is 0 Å². The minimum Gasteiger partial charge on any atom is -0.492 e. The first-order valence-corrected chi connectivity index (χ1v) is 10.4. The summed E-state index contributed by atoms with van der Waals surface area (Å²) in [5, 5.41) is 6.14. The molecule has 0 saturated heterocycles. The number of anilines is 1. The highest BCUT2D eigenvalue weighted by molar-refractivity contribution is 14.0. The highest BCUT2D eigenvalue weighted by Gasteiger charge is 2.16. The molecule has 7 heteroatoms. The number of benzene rings is 2. The van der Waals surface area contributed by atoms with Crippen molar-refractivity contribution in [3.05, 3.63) is 66.2 Å². The lowest BCUT2D eigenvalue weighted by atomic mass is 10.00. The maximum absolute atomic E-state index is 11.2. The molecular formula is C24H31IN4O2. The van der Waals surface area contributed by atoms with E-state index in [1.807, 2.05) is 30.3 Å². The summed E-state index contributed by atoms with van der Waals surface area (Å²) in [5.74, 6) is 1.53. The summed E-state index contributed by atoms with van der Waals surface area (Å²) >= 11 is 0. The Balaban J connectivity index is 0.00000341. The molecule has 0 aliphatic carbocycles. The van der Waals surface area contributed by atoms with Gasteiger partial charge in [-0.3, -0.25) is 4.79 Å². The van der Waals surface area contributed by atoms with Crippen LogP contribution in [0.3, 0.4) is 0 Å². The van der Waals surface area contributed by atoms with Crippen molar-refractivity contribution in [2.24, 2.45) is 4.99 Å².